The van der Waals surface area contributed by atoms with Crippen molar-refractivity contribution in [2.24, 2.45) is 0 Å². The second-order valence-electron chi connectivity index (χ2n) is 8.77. The molecule has 1 saturated heterocycles. The fourth-order valence-corrected chi connectivity index (χ4v) is 4.33. The molecule has 3 aromatic rings. The molecule has 0 aliphatic carbocycles. The largest absolute Gasteiger partial charge is 0.344 e. The first kappa shape index (κ1) is 23.2. The summed E-state index contributed by atoms with van der Waals surface area (Å²) in [5, 5.41) is 5.84. The van der Waals surface area contributed by atoms with Gasteiger partial charge in [-0.2, -0.15) is 0 Å². The molecule has 0 saturated carbocycles. The fraction of sp³-hybridized carbons (Fsp3) is 0.250. The summed E-state index contributed by atoms with van der Waals surface area (Å²) < 4.78 is 0. The number of amides is 3. The number of carbonyl (C=O) groups excluding carboxylic acids is 3. The highest BCUT2D eigenvalue weighted by Crippen LogP contribution is 2.32. The van der Waals surface area contributed by atoms with Crippen molar-refractivity contribution < 1.29 is 14.4 Å². The van der Waals surface area contributed by atoms with Gasteiger partial charge in [0.05, 0.1) is 0 Å². The van der Waals surface area contributed by atoms with Crippen molar-refractivity contribution in [1.29, 1.82) is 0 Å². The number of anilines is 2. The molecule has 1 fully saturated rings. The van der Waals surface area contributed by atoms with E-state index < -0.39 is 12.1 Å². The highest BCUT2D eigenvalue weighted by atomic mass is 16.2. The number of para-hydroxylation sites is 1. The summed E-state index contributed by atoms with van der Waals surface area (Å²) in [6, 6.07) is 21.0. The van der Waals surface area contributed by atoms with Gasteiger partial charge in [0.1, 0.15) is 12.1 Å². The Bertz CT molecular complexity index is 1190. The van der Waals surface area contributed by atoms with Crippen molar-refractivity contribution >= 4 is 29.1 Å². The number of hydrogen-bond acceptors (Lipinski definition) is 3. The molecular formula is C28H29N3O3. The maximum Gasteiger partial charge on any atom is 0.252 e. The number of carbonyl (C=O) groups is 3. The van der Waals surface area contributed by atoms with E-state index in [0.717, 1.165) is 22.4 Å². The van der Waals surface area contributed by atoms with E-state index in [1.807, 2.05) is 93.6 Å². The average molecular weight is 456 g/mol. The van der Waals surface area contributed by atoms with Crippen LogP contribution in [0, 0.1) is 20.8 Å². The Balaban J connectivity index is 1.81. The molecule has 1 aliphatic heterocycles. The molecule has 6 nitrogen and oxygen atoms in total. The molecule has 3 amide bonds. The van der Waals surface area contributed by atoms with Crippen molar-refractivity contribution in [3.05, 3.63) is 95.1 Å². The van der Waals surface area contributed by atoms with Crippen molar-refractivity contribution in [2.75, 3.05) is 10.2 Å². The topological polar surface area (TPSA) is 78.5 Å². The van der Waals surface area contributed by atoms with Crippen molar-refractivity contribution in [3.8, 4) is 0 Å². The normalized spacial score (nSPS) is 16.0. The summed E-state index contributed by atoms with van der Waals surface area (Å²) in [4.78, 5) is 41.1. The molecule has 174 valence electrons. The summed E-state index contributed by atoms with van der Waals surface area (Å²) in [5.41, 5.74) is 4.94. The quantitative estimate of drug-likeness (QED) is 0.570. The Labute approximate surface area is 200 Å². The molecule has 0 bridgehead atoms. The molecule has 2 atom stereocenters. The van der Waals surface area contributed by atoms with Crippen LogP contribution in [-0.2, 0) is 14.4 Å². The summed E-state index contributed by atoms with van der Waals surface area (Å²) in [7, 11) is 0. The van der Waals surface area contributed by atoms with Crippen molar-refractivity contribution in [3.63, 3.8) is 0 Å². The van der Waals surface area contributed by atoms with Crippen LogP contribution in [0.4, 0.5) is 11.4 Å². The van der Waals surface area contributed by atoms with E-state index in [2.05, 4.69) is 10.6 Å². The molecule has 0 spiro atoms. The fourth-order valence-electron chi connectivity index (χ4n) is 4.33. The van der Waals surface area contributed by atoms with Crippen LogP contribution in [0.15, 0.2) is 72.8 Å². The lowest BCUT2D eigenvalue weighted by atomic mass is 10.0. The van der Waals surface area contributed by atoms with E-state index in [4.69, 9.17) is 0 Å². The van der Waals surface area contributed by atoms with Gasteiger partial charge in [-0.1, -0.05) is 66.2 Å². The lowest BCUT2D eigenvalue weighted by molar-refractivity contribution is -0.126. The van der Waals surface area contributed by atoms with Crippen LogP contribution in [0.3, 0.4) is 0 Å². The van der Waals surface area contributed by atoms with Crippen LogP contribution in [0.5, 0.6) is 0 Å². The molecule has 1 aliphatic rings. The van der Waals surface area contributed by atoms with Gasteiger partial charge in [-0.05, 0) is 56.0 Å². The number of nitrogens with zero attached hydrogens (tertiary/aromatic N) is 1. The zero-order chi connectivity index (χ0) is 24.2. The second kappa shape index (κ2) is 9.91. The number of rotatable bonds is 6. The van der Waals surface area contributed by atoms with Crippen molar-refractivity contribution in [2.45, 2.75) is 45.7 Å². The molecule has 4 rings (SSSR count). The molecule has 6 heteroatoms. The molecule has 1 heterocycles. The summed E-state index contributed by atoms with van der Waals surface area (Å²) >= 11 is 0. The Kier molecular flexibility index (Phi) is 6.77. The van der Waals surface area contributed by atoms with E-state index in [-0.39, 0.29) is 17.7 Å². The third kappa shape index (κ3) is 4.86. The third-order valence-corrected chi connectivity index (χ3v) is 6.19. The van der Waals surface area contributed by atoms with Gasteiger partial charge in [0.2, 0.25) is 5.91 Å². The highest BCUT2D eigenvalue weighted by Gasteiger charge is 2.38. The first-order valence-electron chi connectivity index (χ1n) is 11.5. The summed E-state index contributed by atoms with van der Waals surface area (Å²) in [5.74, 6) is -0.777. The number of hydrogen-bond donors (Lipinski definition) is 2. The third-order valence-electron chi connectivity index (χ3n) is 6.19. The average Bonchev–Trinajstić information content (AvgIpc) is 3.27. The summed E-state index contributed by atoms with van der Waals surface area (Å²) in [6.07, 6.45) is 0.697. The molecule has 0 aromatic heterocycles. The first-order chi connectivity index (χ1) is 16.3. The second-order valence-corrected chi connectivity index (χ2v) is 8.77. The number of aryl methyl sites for hydroxylation is 3. The van der Waals surface area contributed by atoms with Crippen LogP contribution in [0.1, 0.15) is 41.1 Å². The zero-order valence-electron chi connectivity index (χ0n) is 19.7. The van der Waals surface area contributed by atoms with Crippen LogP contribution in [0.2, 0.25) is 0 Å². The minimum absolute atomic E-state index is 0.154. The van der Waals surface area contributed by atoms with Gasteiger partial charge in [-0.25, -0.2) is 0 Å². The summed E-state index contributed by atoms with van der Waals surface area (Å²) in [6.45, 7) is 5.85. The standard InChI is InChI=1S/C28H29N3O3/c1-18-12-14-22(15-13-18)31(28(34)23-16-17-24(32)29-23)26(21-10-5-4-6-11-21)27(33)30-25-19(2)8-7-9-20(25)3/h4-15,23,26H,16-17H2,1-3H3,(H,29,32)(H,30,33)/t23-,26+/m0/s1. The van der Waals surface area contributed by atoms with E-state index in [1.165, 1.54) is 4.90 Å². The number of nitrogens with one attached hydrogen (secondary N) is 2. The molecule has 0 unspecified atom stereocenters. The van der Waals surface area contributed by atoms with E-state index in [9.17, 15) is 14.4 Å². The predicted molar refractivity (Wildman–Crippen MR) is 134 cm³/mol. The Morgan fingerprint density at radius 3 is 2.15 bits per heavy atom. The van der Waals surface area contributed by atoms with Crippen LogP contribution >= 0.6 is 0 Å². The molecular weight excluding hydrogens is 426 g/mol. The van der Waals surface area contributed by atoms with E-state index in [0.29, 0.717) is 24.1 Å². The minimum atomic E-state index is -0.923. The molecule has 3 aromatic carbocycles. The van der Waals surface area contributed by atoms with Gasteiger partial charge in [0, 0.05) is 17.8 Å². The van der Waals surface area contributed by atoms with Gasteiger partial charge >= 0.3 is 0 Å². The van der Waals surface area contributed by atoms with E-state index >= 15 is 0 Å². The Hall–Kier alpha value is -3.93. The lowest BCUT2D eigenvalue weighted by Gasteiger charge is -2.33. The van der Waals surface area contributed by atoms with Gasteiger partial charge < -0.3 is 10.6 Å². The lowest BCUT2D eigenvalue weighted by Crippen LogP contribution is -2.49. The molecule has 0 radical (unpaired) electrons. The monoisotopic (exact) mass is 455 g/mol. The SMILES string of the molecule is Cc1ccc(N(C(=O)[C@@H]2CCC(=O)N2)[C@@H](C(=O)Nc2c(C)cccc2C)c2ccccc2)cc1. The van der Waals surface area contributed by atoms with Gasteiger partial charge in [0.15, 0.2) is 0 Å². The molecule has 2 N–H and O–H groups in total. The van der Waals surface area contributed by atoms with Crippen LogP contribution in [0.25, 0.3) is 0 Å². The maximum atomic E-state index is 13.9. The van der Waals surface area contributed by atoms with Gasteiger partial charge in [-0.15, -0.1) is 0 Å². The van der Waals surface area contributed by atoms with Crippen LogP contribution < -0.4 is 15.5 Å². The van der Waals surface area contributed by atoms with Gasteiger partial charge in [0.25, 0.3) is 11.8 Å². The van der Waals surface area contributed by atoms with Crippen LogP contribution in [-0.4, -0.2) is 23.8 Å². The van der Waals surface area contributed by atoms with Crippen molar-refractivity contribution in [1.82, 2.24) is 5.32 Å². The number of benzene rings is 3. The predicted octanol–water partition coefficient (Wildman–Crippen LogP) is 4.60. The van der Waals surface area contributed by atoms with E-state index in [1.54, 1.807) is 0 Å². The minimum Gasteiger partial charge on any atom is -0.344 e. The Morgan fingerprint density at radius 1 is 0.912 bits per heavy atom. The highest BCUT2D eigenvalue weighted by molar-refractivity contribution is 6.08. The molecule has 34 heavy (non-hydrogen) atoms. The maximum absolute atomic E-state index is 13.9. The zero-order valence-corrected chi connectivity index (χ0v) is 19.7. The Morgan fingerprint density at radius 2 is 1.56 bits per heavy atom. The van der Waals surface area contributed by atoms with Gasteiger partial charge in [-0.3, -0.25) is 19.3 Å². The first-order valence-corrected chi connectivity index (χ1v) is 11.5. The smallest absolute Gasteiger partial charge is 0.252 e.